The van der Waals surface area contributed by atoms with E-state index in [1.165, 1.54) is 16.7 Å². The van der Waals surface area contributed by atoms with Crippen LogP contribution in [0.4, 0.5) is 5.69 Å². The third-order valence-electron chi connectivity index (χ3n) is 2.48. The zero-order valence-electron chi connectivity index (χ0n) is 9.16. The van der Waals surface area contributed by atoms with Crippen LogP contribution in [0, 0.1) is 17.0 Å². The number of benzene rings is 1. The summed E-state index contributed by atoms with van der Waals surface area (Å²) in [5.74, 6) is 0. The molecule has 0 atom stereocenters. The van der Waals surface area contributed by atoms with Crippen molar-refractivity contribution in [3.63, 3.8) is 0 Å². The van der Waals surface area contributed by atoms with E-state index in [9.17, 15) is 14.9 Å². The van der Waals surface area contributed by atoms with Gasteiger partial charge in [0.05, 0.1) is 4.92 Å². The van der Waals surface area contributed by atoms with E-state index in [2.05, 4.69) is 0 Å². The fourth-order valence-corrected chi connectivity index (χ4v) is 1.64. The van der Waals surface area contributed by atoms with Crippen molar-refractivity contribution < 1.29 is 4.92 Å². The monoisotopic (exact) mass is 230 g/mol. The number of rotatable bonds is 2. The van der Waals surface area contributed by atoms with E-state index in [4.69, 9.17) is 0 Å². The summed E-state index contributed by atoms with van der Waals surface area (Å²) in [4.78, 5) is 21.8. The molecular formula is C12H10N2O3. The number of aromatic nitrogens is 1. The second kappa shape index (κ2) is 4.21. The average Bonchev–Trinajstić information content (AvgIpc) is 2.29. The lowest BCUT2D eigenvalue weighted by molar-refractivity contribution is -0.385. The SMILES string of the molecule is Cc1cc(-n2ccccc2=O)ccc1[N+](=O)[O-]. The summed E-state index contributed by atoms with van der Waals surface area (Å²) in [5.41, 5.74) is 1.04. The maximum absolute atomic E-state index is 11.6. The van der Waals surface area contributed by atoms with Crippen LogP contribution in [-0.2, 0) is 0 Å². The molecule has 0 radical (unpaired) electrons. The molecule has 86 valence electrons. The topological polar surface area (TPSA) is 65.1 Å². The van der Waals surface area contributed by atoms with Crippen LogP contribution < -0.4 is 5.56 Å². The van der Waals surface area contributed by atoms with Gasteiger partial charge in [0.2, 0.25) is 0 Å². The van der Waals surface area contributed by atoms with Gasteiger partial charge >= 0.3 is 0 Å². The van der Waals surface area contributed by atoms with Gasteiger partial charge < -0.3 is 0 Å². The molecule has 5 nitrogen and oxygen atoms in total. The van der Waals surface area contributed by atoms with Gasteiger partial charge in [0.25, 0.3) is 11.2 Å². The Kier molecular flexibility index (Phi) is 2.74. The standard InChI is InChI=1S/C12H10N2O3/c1-9-8-10(5-6-11(9)14(16)17)13-7-3-2-4-12(13)15/h2-8H,1H3. The number of nitro groups is 1. The van der Waals surface area contributed by atoms with Crippen molar-refractivity contribution in [2.75, 3.05) is 0 Å². The largest absolute Gasteiger partial charge is 0.284 e. The molecule has 1 aromatic heterocycles. The van der Waals surface area contributed by atoms with Gasteiger partial charge in [-0.1, -0.05) is 6.07 Å². The Labute approximate surface area is 97.1 Å². The highest BCUT2D eigenvalue weighted by atomic mass is 16.6. The maximum Gasteiger partial charge on any atom is 0.272 e. The van der Waals surface area contributed by atoms with E-state index in [1.54, 1.807) is 37.4 Å². The van der Waals surface area contributed by atoms with Crippen LogP contribution in [0.25, 0.3) is 5.69 Å². The highest BCUT2D eigenvalue weighted by molar-refractivity contribution is 5.47. The highest BCUT2D eigenvalue weighted by Crippen LogP contribution is 2.20. The number of hydrogen-bond acceptors (Lipinski definition) is 3. The van der Waals surface area contributed by atoms with Crippen molar-refractivity contribution in [3.05, 3.63) is 68.6 Å². The molecule has 0 aliphatic heterocycles. The van der Waals surface area contributed by atoms with Crippen LogP contribution in [0.1, 0.15) is 5.56 Å². The number of pyridine rings is 1. The van der Waals surface area contributed by atoms with E-state index in [0.717, 1.165) is 0 Å². The predicted molar refractivity (Wildman–Crippen MR) is 63.4 cm³/mol. The van der Waals surface area contributed by atoms with Crippen LogP contribution in [0.15, 0.2) is 47.4 Å². The number of nitro benzene ring substituents is 1. The Morgan fingerprint density at radius 2 is 2.00 bits per heavy atom. The first-order valence-corrected chi connectivity index (χ1v) is 5.03. The lowest BCUT2D eigenvalue weighted by Crippen LogP contribution is -2.15. The third-order valence-corrected chi connectivity index (χ3v) is 2.48. The van der Waals surface area contributed by atoms with Crippen molar-refractivity contribution in [2.45, 2.75) is 6.92 Å². The number of nitrogens with zero attached hydrogens (tertiary/aromatic N) is 2. The first kappa shape index (κ1) is 11.1. The smallest absolute Gasteiger partial charge is 0.272 e. The summed E-state index contributed by atoms with van der Waals surface area (Å²) in [6.07, 6.45) is 1.63. The van der Waals surface area contributed by atoms with Gasteiger partial charge in [0, 0.05) is 29.6 Å². The third kappa shape index (κ3) is 2.08. The summed E-state index contributed by atoms with van der Waals surface area (Å²) in [6.45, 7) is 1.65. The predicted octanol–water partition coefficient (Wildman–Crippen LogP) is 2.05. The summed E-state index contributed by atoms with van der Waals surface area (Å²) in [7, 11) is 0. The van der Waals surface area contributed by atoms with E-state index in [1.807, 2.05) is 0 Å². The fraction of sp³-hybridized carbons (Fsp3) is 0.0833. The molecule has 5 heteroatoms. The quantitative estimate of drug-likeness (QED) is 0.585. The first-order valence-electron chi connectivity index (χ1n) is 5.03. The normalized spacial score (nSPS) is 10.2. The van der Waals surface area contributed by atoms with Gasteiger partial charge in [-0.15, -0.1) is 0 Å². The molecule has 0 bridgehead atoms. The molecule has 0 spiro atoms. The molecule has 17 heavy (non-hydrogen) atoms. The Morgan fingerprint density at radius 3 is 2.59 bits per heavy atom. The van der Waals surface area contributed by atoms with Gasteiger partial charge in [-0.3, -0.25) is 19.5 Å². The Bertz CT molecular complexity index is 632. The van der Waals surface area contributed by atoms with Gasteiger partial charge in [0.15, 0.2) is 0 Å². The minimum atomic E-state index is -0.438. The highest BCUT2D eigenvalue weighted by Gasteiger charge is 2.10. The second-order valence-electron chi connectivity index (χ2n) is 3.64. The lowest BCUT2D eigenvalue weighted by Gasteiger charge is -2.05. The molecule has 2 aromatic rings. The van der Waals surface area contributed by atoms with Crippen LogP contribution in [-0.4, -0.2) is 9.49 Å². The molecule has 0 amide bonds. The van der Waals surface area contributed by atoms with Crippen molar-refractivity contribution >= 4 is 5.69 Å². The maximum atomic E-state index is 11.6. The van der Waals surface area contributed by atoms with Gasteiger partial charge in [-0.05, 0) is 25.1 Å². The minimum absolute atomic E-state index is 0.0535. The molecule has 0 fully saturated rings. The molecule has 0 unspecified atom stereocenters. The molecule has 1 aromatic carbocycles. The van der Waals surface area contributed by atoms with E-state index in [-0.39, 0.29) is 11.2 Å². The molecule has 0 aliphatic rings. The molecule has 0 saturated carbocycles. The Hall–Kier alpha value is -2.43. The van der Waals surface area contributed by atoms with Crippen LogP contribution in [0.3, 0.4) is 0 Å². The second-order valence-corrected chi connectivity index (χ2v) is 3.64. The Morgan fingerprint density at radius 1 is 1.24 bits per heavy atom. The molecule has 2 rings (SSSR count). The average molecular weight is 230 g/mol. The minimum Gasteiger partial charge on any atom is -0.284 e. The Balaban J connectivity index is 2.56. The molecule has 0 saturated heterocycles. The fourth-order valence-electron chi connectivity index (χ4n) is 1.64. The molecule has 0 aliphatic carbocycles. The summed E-state index contributed by atoms with van der Waals surface area (Å²) >= 11 is 0. The summed E-state index contributed by atoms with van der Waals surface area (Å²) in [5, 5.41) is 10.7. The van der Waals surface area contributed by atoms with Crippen LogP contribution in [0.2, 0.25) is 0 Å². The summed E-state index contributed by atoms with van der Waals surface area (Å²) < 4.78 is 1.44. The number of aryl methyl sites for hydroxylation is 1. The molecule has 1 heterocycles. The van der Waals surface area contributed by atoms with Gasteiger partial charge in [-0.25, -0.2) is 0 Å². The van der Waals surface area contributed by atoms with Gasteiger partial charge in [-0.2, -0.15) is 0 Å². The van der Waals surface area contributed by atoms with Crippen LogP contribution in [0.5, 0.6) is 0 Å². The molecule has 0 N–H and O–H groups in total. The van der Waals surface area contributed by atoms with Crippen molar-refractivity contribution in [3.8, 4) is 5.69 Å². The zero-order chi connectivity index (χ0) is 12.4. The summed E-state index contributed by atoms with van der Waals surface area (Å²) in [6, 6.07) is 9.42. The van der Waals surface area contributed by atoms with E-state index in [0.29, 0.717) is 11.3 Å². The van der Waals surface area contributed by atoms with Crippen LogP contribution >= 0.6 is 0 Å². The number of hydrogen-bond donors (Lipinski definition) is 0. The first-order chi connectivity index (χ1) is 8.09. The molecular weight excluding hydrogens is 220 g/mol. The zero-order valence-corrected chi connectivity index (χ0v) is 9.16. The van der Waals surface area contributed by atoms with Crippen molar-refractivity contribution in [2.24, 2.45) is 0 Å². The van der Waals surface area contributed by atoms with Crippen molar-refractivity contribution in [1.82, 2.24) is 4.57 Å². The van der Waals surface area contributed by atoms with Gasteiger partial charge in [0.1, 0.15) is 0 Å². The van der Waals surface area contributed by atoms with Crippen molar-refractivity contribution in [1.29, 1.82) is 0 Å². The lowest BCUT2D eigenvalue weighted by atomic mass is 10.2. The van der Waals surface area contributed by atoms with E-state index >= 15 is 0 Å². The van der Waals surface area contributed by atoms with E-state index < -0.39 is 4.92 Å².